The van der Waals surface area contributed by atoms with Gasteiger partial charge in [0.1, 0.15) is 0 Å². The highest BCUT2D eigenvalue weighted by Crippen LogP contribution is 2.27. The van der Waals surface area contributed by atoms with Crippen molar-refractivity contribution >= 4 is 5.91 Å². The zero-order valence-electron chi connectivity index (χ0n) is 12.6. The van der Waals surface area contributed by atoms with E-state index in [4.69, 9.17) is 0 Å². The second-order valence-corrected chi connectivity index (χ2v) is 6.88. The molecule has 1 saturated carbocycles. The number of amides is 1. The van der Waals surface area contributed by atoms with E-state index in [-0.39, 0.29) is 5.91 Å². The Morgan fingerprint density at radius 1 is 1.00 bits per heavy atom. The van der Waals surface area contributed by atoms with Crippen LogP contribution in [0.3, 0.4) is 0 Å². The van der Waals surface area contributed by atoms with Crippen LogP contribution in [0.5, 0.6) is 0 Å². The lowest BCUT2D eigenvalue weighted by Crippen LogP contribution is -2.57. The molecule has 1 atom stereocenters. The molecule has 0 aromatic rings. The van der Waals surface area contributed by atoms with Gasteiger partial charge in [-0.15, -0.1) is 0 Å². The fourth-order valence-electron chi connectivity index (χ4n) is 4.12. The van der Waals surface area contributed by atoms with E-state index in [2.05, 4.69) is 15.5 Å². The zero-order chi connectivity index (χ0) is 13.8. The van der Waals surface area contributed by atoms with Gasteiger partial charge in [0.15, 0.2) is 0 Å². The van der Waals surface area contributed by atoms with Gasteiger partial charge in [-0.2, -0.15) is 0 Å². The quantitative estimate of drug-likeness (QED) is 0.767. The smallest absolute Gasteiger partial charge is 0.234 e. The number of carbonyl (C=O) groups is 1. The highest BCUT2D eigenvalue weighted by atomic mass is 16.2. The summed E-state index contributed by atoms with van der Waals surface area (Å²) in [6, 6.07) is 0.968. The van der Waals surface area contributed by atoms with Crippen LogP contribution in [0.1, 0.15) is 51.4 Å². The van der Waals surface area contributed by atoms with Crippen LogP contribution in [0.4, 0.5) is 0 Å². The van der Waals surface area contributed by atoms with Crippen LogP contribution >= 0.6 is 0 Å². The first-order chi connectivity index (χ1) is 9.81. The number of nitrogens with one attached hydrogen (secondary N) is 2. The van der Waals surface area contributed by atoms with Crippen LogP contribution in [0.15, 0.2) is 0 Å². The first kappa shape index (κ1) is 14.3. The Labute approximate surface area is 122 Å². The van der Waals surface area contributed by atoms with Crippen molar-refractivity contribution in [2.75, 3.05) is 26.2 Å². The molecule has 3 saturated heterocycles. The predicted octanol–water partition coefficient (Wildman–Crippen LogP) is 1.51. The van der Waals surface area contributed by atoms with E-state index in [1.165, 1.54) is 64.5 Å². The van der Waals surface area contributed by atoms with E-state index < -0.39 is 0 Å². The lowest BCUT2D eigenvalue weighted by atomic mass is 9.84. The highest BCUT2D eigenvalue weighted by molar-refractivity contribution is 5.78. The molecule has 1 amide bonds. The van der Waals surface area contributed by atoms with Crippen molar-refractivity contribution in [3.8, 4) is 0 Å². The summed E-state index contributed by atoms with van der Waals surface area (Å²) in [5.41, 5.74) is 0. The normalized spacial score (nSPS) is 34.7. The zero-order valence-corrected chi connectivity index (χ0v) is 12.6. The standard InChI is InChI=1S/C16H29N3O/c20-16(18-14-5-3-1-2-4-6-14)11-17-15-12-19-9-7-13(15)8-10-19/h13-15,17H,1-12H2,(H,18,20). The maximum absolute atomic E-state index is 12.1. The molecule has 4 fully saturated rings. The van der Waals surface area contributed by atoms with Crippen LogP contribution < -0.4 is 10.6 Å². The molecule has 0 spiro atoms. The van der Waals surface area contributed by atoms with Gasteiger partial charge in [-0.25, -0.2) is 0 Å². The predicted molar refractivity (Wildman–Crippen MR) is 80.6 cm³/mol. The molecule has 114 valence electrons. The monoisotopic (exact) mass is 279 g/mol. The molecule has 1 aliphatic carbocycles. The number of nitrogens with zero attached hydrogens (tertiary/aromatic N) is 1. The molecule has 0 aromatic heterocycles. The van der Waals surface area contributed by atoms with E-state index in [9.17, 15) is 4.79 Å². The van der Waals surface area contributed by atoms with Crippen molar-refractivity contribution in [2.45, 2.75) is 63.5 Å². The largest absolute Gasteiger partial charge is 0.352 e. The maximum Gasteiger partial charge on any atom is 0.234 e. The van der Waals surface area contributed by atoms with E-state index in [0.29, 0.717) is 18.6 Å². The second kappa shape index (κ2) is 6.90. The highest BCUT2D eigenvalue weighted by Gasteiger charge is 2.33. The molecule has 0 radical (unpaired) electrons. The minimum atomic E-state index is 0.202. The molecule has 4 aliphatic rings. The fourth-order valence-corrected chi connectivity index (χ4v) is 4.12. The van der Waals surface area contributed by atoms with Crippen molar-refractivity contribution in [3.63, 3.8) is 0 Å². The third kappa shape index (κ3) is 3.73. The number of fused-ring (bicyclic) bond motifs is 3. The third-order valence-corrected chi connectivity index (χ3v) is 5.40. The summed E-state index contributed by atoms with van der Waals surface area (Å²) >= 11 is 0. The van der Waals surface area contributed by atoms with E-state index in [0.717, 1.165) is 12.5 Å². The summed E-state index contributed by atoms with van der Waals surface area (Å²) in [7, 11) is 0. The van der Waals surface area contributed by atoms with Gasteiger partial charge in [0.05, 0.1) is 6.54 Å². The van der Waals surface area contributed by atoms with Gasteiger partial charge in [0, 0.05) is 18.6 Å². The molecule has 4 heteroatoms. The average Bonchev–Trinajstić information content (AvgIpc) is 2.75. The van der Waals surface area contributed by atoms with E-state index >= 15 is 0 Å². The van der Waals surface area contributed by atoms with Crippen molar-refractivity contribution < 1.29 is 4.79 Å². The first-order valence-electron chi connectivity index (χ1n) is 8.56. The summed E-state index contributed by atoms with van der Waals surface area (Å²) in [6.07, 6.45) is 10.2. The number of hydrogen-bond acceptors (Lipinski definition) is 3. The Bertz CT molecular complexity index is 318. The summed E-state index contributed by atoms with van der Waals surface area (Å²) in [5.74, 6) is 0.999. The van der Waals surface area contributed by atoms with Crippen LogP contribution in [0.2, 0.25) is 0 Å². The summed E-state index contributed by atoms with van der Waals surface area (Å²) in [4.78, 5) is 14.6. The molecule has 4 nitrogen and oxygen atoms in total. The third-order valence-electron chi connectivity index (χ3n) is 5.40. The molecule has 3 aliphatic heterocycles. The van der Waals surface area contributed by atoms with Gasteiger partial charge in [0.2, 0.25) is 5.91 Å². The SMILES string of the molecule is O=C(CNC1CN2CCC1CC2)NC1CCCCCC1. The Hall–Kier alpha value is -0.610. The van der Waals surface area contributed by atoms with Crippen molar-refractivity contribution in [2.24, 2.45) is 5.92 Å². The maximum atomic E-state index is 12.1. The Morgan fingerprint density at radius 2 is 1.70 bits per heavy atom. The minimum Gasteiger partial charge on any atom is -0.352 e. The Kier molecular flexibility index (Phi) is 4.94. The number of piperidine rings is 3. The summed E-state index contributed by atoms with van der Waals surface area (Å²) in [6.45, 7) is 4.17. The van der Waals surface area contributed by atoms with Gasteiger partial charge in [-0.05, 0) is 44.7 Å². The molecule has 1 unspecified atom stereocenters. The van der Waals surface area contributed by atoms with Crippen LogP contribution in [0.25, 0.3) is 0 Å². The fraction of sp³-hybridized carbons (Fsp3) is 0.938. The summed E-state index contributed by atoms with van der Waals surface area (Å²) < 4.78 is 0. The number of carbonyl (C=O) groups excluding carboxylic acids is 1. The van der Waals surface area contributed by atoms with Gasteiger partial charge in [-0.3, -0.25) is 4.79 Å². The molecule has 3 heterocycles. The van der Waals surface area contributed by atoms with Gasteiger partial charge in [-0.1, -0.05) is 25.7 Å². The van der Waals surface area contributed by atoms with Gasteiger partial charge >= 0.3 is 0 Å². The van der Waals surface area contributed by atoms with Crippen LogP contribution in [0, 0.1) is 5.92 Å². The number of hydrogen-bond donors (Lipinski definition) is 2. The second-order valence-electron chi connectivity index (χ2n) is 6.88. The van der Waals surface area contributed by atoms with Gasteiger partial charge in [0.25, 0.3) is 0 Å². The molecule has 2 N–H and O–H groups in total. The molecule has 0 aromatic carbocycles. The molecular formula is C16H29N3O. The summed E-state index contributed by atoms with van der Waals surface area (Å²) in [5, 5.41) is 6.73. The molecule has 4 rings (SSSR count). The number of rotatable bonds is 4. The lowest BCUT2D eigenvalue weighted by Gasteiger charge is -2.45. The Morgan fingerprint density at radius 3 is 2.30 bits per heavy atom. The van der Waals surface area contributed by atoms with Crippen LogP contribution in [-0.4, -0.2) is 49.1 Å². The van der Waals surface area contributed by atoms with Crippen molar-refractivity contribution in [3.05, 3.63) is 0 Å². The minimum absolute atomic E-state index is 0.202. The van der Waals surface area contributed by atoms with E-state index in [1.54, 1.807) is 0 Å². The molecular weight excluding hydrogens is 250 g/mol. The molecule has 20 heavy (non-hydrogen) atoms. The first-order valence-corrected chi connectivity index (χ1v) is 8.56. The lowest BCUT2D eigenvalue weighted by molar-refractivity contribution is -0.121. The topological polar surface area (TPSA) is 44.4 Å². The molecule has 2 bridgehead atoms. The van der Waals surface area contributed by atoms with Gasteiger partial charge < -0.3 is 15.5 Å². The van der Waals surface area contributed by atoms with E-state index in [1.807, 2.05) is 0 Å². The average molecular weight is 279 g/mol. The van der Waals surface area contributed by atoms with Crippen molar-refractivity contribution in [1.82, 2.24) is 15.5 Å². The van der Waals surface area contributed by atoms with Crippen molar-refractivity contribution in [1.29, 1.82) is 0 Å². The Balaban J connectivity index is 1.38. The van der Waals surface area contributed by atoms with Crippen LogP contribution in [-0.2, 0) is 4.79 Å².